The number of nitrogens with zero attached hydrogens (tertiary/aromatic N) is 4. The van der Waals surface area contributed by atoms with Gasteiger partial charge >= 0.3 is 16.2 Å². The summed E-state index contributed by atoms with van der Waals surface area (Å²) < 4.78 is 34.0. The molecule has 0 aliphatic carbocycles. The number of carboxylic acid groups (broad SMARTS) is 1. The Morgan fingerprint density at radius 2 is 1.86 bits per heavy atom. The van der Waals surface area contributed by atoms with Crippen molar-refractivity contribution in [3.8, 4) is 5.75 Å². The summed E-state index contributed by atoms with van der Waals surface area (Å²) >= 11 is 0. The highest BCUT2D eigenvalue weighted by Crippen LogP contribution is 2.33. The summed E-state index contributed by atoms with van der Waals surface area (Å²) in [7, 11) is -2.96. The van der Waals surface area contributed by atoms with Gasteiger partial charge in [-0.25, -0.2) is 9.73 Å². The van der Waals surface area contributed by atoms with Crippen molar-refractivity contribution in [1.29, 1.82) is 0 Å². The van der Waals surface area contributed by atoms with E-state index < -0.39 is 34.2 Å². The predicted octanol–water partition coefficient (Wildman–Crippen LogP) is -0.315. The van der Waals surface area contributed by atoms with Gasteiger partial charge in [-0.1, -0.05) is 37.3 Å². The molecule has 198 valence electrons. The monoisotopic (exact) mass is 532 g/mol. The first-order valence-electron chi connectivity index (χ1n) is 11.1. The highest BCUT2D eigenvalue weighted by molar-refractivity contribution is 7.87. The van der Waals surface area contributed by atoms with Crippen molar-refractivity contribution in [2.45, 2.75) is 12.5 Å². The number of primary amides is 1. The summed E-state index contributed by atoms with van der Waals surface area (Å²) in [6.07, 6.45) is 0. The quantitative estimate of drug-likeness (QED) is 0.237. The van der Waals surface area contributed by atoms with Crippen LogP contribution in [-0.4, -0.2) is 84.8 Å². The highest BCUT2D eigenvalue weighted by atomic mass is 32.2. The van der Waals surface area contributed by atoms with Crippen molar-refractivity contribution in [3.05, 3.63) is 65.7 Å². The zero-order valence-corrected chi connectivity index (χ0v) is 21.1. The predicted molar refractivity (Wildman–Crippen MR) is 135 cm³/mol. The lowest BCUT2D eigenvalue weighted by Crippen LogP contribution is -2.50. The number of aliphatic hydroxyl groups is 1. The Morgan fingerprint density at radius 1 is 1.22 bits per heavy atom. The number of rotatable bonds is 10. The summed E-state index contributed by atoms with van der Waals surface area (Å²) in [6.45, 7) is 0.185. The summed E-state index contributed by atoms with van der Waals surface area (Å²) in [6, 6.07) is 15.1. The van der Waals surface area contributed by atoms with Gasteiger partial charge in [0.1, 0.15) is 18.0 Å². The number of nitrogens with one attached hydrogen (secondary N) is 1. The Balaban J connectivity index is 1.97. The SMILES string of the molecule is CCN(CC(=O)O)S(=O)(=O)NC(=NC)N1CC(O)(c2ccccc2)C(c2ccc(OCC(N)=O)cc2)=N1. The van der Waals surface area contributed by atoms with E-state index in [9.17, 15) is 23.1 Å². The second-order valence-electron chi connectivity index (χ2n) is 7.99. The number of carbonyl (C=O) groups is 2. The third-order valence-corrected chi connectivity index (χ3v) is 6.94. The molecule has 1 unspecified atom stereocenters. The molecular weight excluding hydrogens is 504 g/mol. The Morgan fingerprint density at radius 3 is 2.41 bits per heavy atom. The van der Waals surface area contributed by atoms with E-state index in [1.165, 1.54) is 19.0 Å². The number of β-amino-alcohol motifs (C(OH)–C–C–N with tert-alkyl or cyclic N) is 1. The molecule has 0 saturated carbocycles. The van der Waals surface area contributed by atoms with E-state index in [1.54, 1.807) is 54.6 Å². The summed E-state index contributed by atoms with van der Waals surface area (Å²) in [5, 5.41) is 26.6. The molecule has 14 heteroatoms. The first-order chi connectivity index (χ1) is 17.5. The van der Waals surface area contributed by atoms with Gasteiger partial charge in [-0.3, -0.25) is 14.6 Å². The van der Waals surface area contributed by atoms with Gasteiger partial charge in [0.2, 0.25) is 5.96 Å². The molecule has 1 aliphatic heterocycles. The van der Waals surface area contributed by atoms with Gasteiger partial charge in [-0.05, 0) is 29.8 Å². The standard InChI is InChI=1S/C23H28N6O7S/c1-3-28(13-20(31)32)37(34,35)27-22(25-2)29-15-23(33,17-7-5-4-6-8-17)21(26-29)16-9-11-18(12-10-16)36-14-19(24)30/h4-12,33H,3,13-15H2,1-2H3,(H2,24,30)(H,25,27)(H,31,32). The lowest BCUT2D eigenvalue weighted by Gasteiger charge is -2.27. The molecule has 2 aromatic rings. The molecule has 0 bridgehead atoms. The van der Waals surface area contributed by atoms with Gasteiger partial charge in [0.25, 0.3) is 5.91 Å². The van der Waals surface area contributed by atoms with E-state index >= 15 is 0 Å². The number of aliphatic imine (C=N–C) groups is 1. The second-order valence-corrected chi connectivity index (χ2v) is 9.66. The third-order valence-electron chi connectivity index (χ3n) is 5.43. The minimum absolute atomic E-state index is 0.0920. The van der Waals surface area contributed by atoms with Crippen molar-refractivity contribution in [2.75, 3.05) is 33.3 Å². The van der Waals surface area contributed by atoms with Crippen LogP contribution in [0.25, 0.3) is 0 Å². The van der Waals surface area contributed by atoms with E-state index in [1.807, 2.05) is 0 Å². The molecule has 37 heavy (non-hydrogen) atoms. The number of nitrogens with two attached hydrogens (primary N) is 1. The first-order valence-corrected chi connectivity index (χ1v) is 12.6. The number of hydrogen-bond donors (Lipinski definition) is 4. The number of aliphatic carboxylic acids is 1. The van der Waals surface area contributed by atoms with E-state index in [0.717, 1.165) is 4.31 Å². The minimum Gasteiger partial charge on any atom is -0.484 e. The summed E-state index contributed by atoms with van der Waals surface area (Å²) in [5.74, 6) is -1.78. The van der Waals surface area contributed by atoms with Gasteiger partial charge in [0, 0.05) is 19.2 Å². The van der Waals surface area contributed by atoms with Crippen LogP contribution < -0.4 is 15.2 Å². The van der Waals surface area contributed by atoms with Crippen LogP contribution in [0.15, 0.2) is 64.7 Å². The molecule has 1 atom stereocenters. The van der Waals surface area contributed by atoms with Crippen molar-refractivity contribution in [3.63, 3.8) is 0 Å². The number of carbonyl (C=O) groups excluding carboxylic acids is 1. The van der Waals surface area contributed by atoms with Crippen LogP contribution in [0.5, 0.6) is 5.75 Å². The topological polar surface area (TPSA) is 187 Å². The smallest absolute Gasteiger partial charge is 0.318 e. The molecule has 0 spiro atoms. The van der Waals surface area contributed by atoms with Crippen LogP contribution in [0.4, 0.5) is 0 Å². The molecule has 13 nitrogen and oxygen atoms in total. The Hall–Kier alpha value is -4.01. The third kappa shape index (κ3) is 6.41. The average Bonchev–Trinajstić information content (AvgIpc) is 3.23. The average molecular weight is 533 g/mol. The number of likely N-dealkylation sites (N-methyl/N-ethyl adjacent to an activating group) is 1. The van der Waals surface area contributed by atoms with Gasteiger partial charge in [0.15, 0.2) is 12.2 Å². The molecule has 0 aromatic heterocycles. The van der Waals surface area contributed by atoms with E-state index in [-0.39, 0.29) is 31.4 Å². The number of carboxylic acids is 1. The molecule has 0 radical (unpaired) electrons. The maximum atomic E-state index is 12.8. The van der Waals surface area contributed by atoms with Crippen molar-refractivity contribution >= 4 is 33.8 Å². The molecule has 5 N–H and O–H groups in total. The normalized spacial score (nSPS) is 18.0. The molecule has 1 aliphatic rings. The lowest BCUT2D eigenvalue weighted by atomic mass is 9.86. The molecule has 2 aromatic carbocycles. The second kappa shape index (κ2) is 11.4. The molecule has 0 saturated heterocycles. The van der Waals surface area contributed by atoms with E-state index in [4.69, 9.17) is 15.6 Å². The summed E-state index contributed by atoms with van der Waals surface area (Å²) in [5.41, 5.74) is 4.66. The van der Waals surface area contributed by atoms with Gasteiger partial charge in [-0.2, -0.15) is 17.8 Å². The van der Waals surface area contributed by atoms with Gasteiger partial charge in [-0.15, -0.1) is 0 Å². The number of ether oxygens (including phenoxy) is 1. The molecule has 1 heterocycles. The molecule has 0 fully saturated rings. The fourth-order valence-electron chi connectivity index (χ4n) is 3.67. The lowest BCUT2D eigenvalue weighted by molar-refractivity contribution is -0.137. The zero-order chi connectivity index (χ0) is 27.2. The number of hydrogen-bond acceptors (Lipinski definition) is 8. The largest absolute Gasteiger partial charge is 0.484 e. The Kier molecular flexibility index (Phi) is 8.47. The van der Waals surface area contributed by atoms with Crippen LogP contribution in [0.3, 0.4) is 0 Å². The highest BCUT2D eigenvalue weighted by Gasteiger charge is 2.45. The van der Waals surface area contributed by atoms with Crippen LogP contribution in [0, 0.1) is 0 Å². The van der Waals surface area contributed by atoms with Crippen LogP contribution >= 0.6 is 0 Å². The van der Waals surface area contributed by atoms with Crippen molar-refractivity contribution < 1.29 is 33.0 Å². The van der Waals surface area contributed by atoms with Crippen molar-refractivity contribution in [2.24, 2.45) is 15.8 Å². The van der Waals surface area contributed by atoms with Crippen molar-refractivity contribution in [1.82, 2.24) is 14.0 Å². The number of hydrazone groups is 1. The van der Waals surface area contributed by atoms with E-state index in [0.29, 0.717) is 16.9 Å². The number of benzene rings is 2. The molecular formula is C23H28N6O7S. The van der Waals surface area contributed by atoms with Crippen LogP contribution in [0.1, 0.15) is 18.1 Å². The minimum atomic E-state index is -4.29. The fraction of sp³-hybridized carbons (Fsp3) is 0.304. The first kappa shape index (κ1) is 27.6. The number of amides is 1. The maximum Gasteiger partial charge on any atom is 0.318 e. The number of guanidine groups is 1. The maximum absolute atomic E-state index is 12.8. The molecule has 1 amide bonds. The van der Waals surface area contributed by atoms with Crippen LogP contribution in [-0.2, 0) is 25.4 Å². The van der Waals surface area contributed by atoms with Gasteiger partial charge < -0.3 is 20.7 Å². The summed E-state index contributed by atoms with van der Waals surface area (Å²) in [4.78, 5) is 26.1. The Labute approximate surface area is 214 Å². The van der Waals surface area contributed by atoms with Crippen LogP contribution in [0.2, 0.25) is 0 Å². The zero-order valence-electron chi connectivity index (χ0n) is 20.2. The molecule has 3 rings (SSSR count). The Bertz CT molecular complexity index is 1300. The fourth-order valence-corrected chi connectivity index (χ4v) is 4.84. The van der Waals surface area contributed by atoms with Gasteiger partial charge in [0.05, 0.1) is 6.54 Å². The van der Waals surface area contributed by atoms with E-state index in [2.05, 4.69) is 14.8 Å².